The summed E-state index contributed by atoms with van der Waals surface area (Å²) in [5, 5.41) is 34.7. The van der Waals surface area contributed by atoms with Gasteiger partial charge in [-0.1, -0.05) is 13.3 Å². The summed E-state index contributed by atoms with van der Waals surface area (Å²) in [5.74, 6) is -0.232. The minimum Gasteiger partial charge on any atom is -0.463 e. The first kappa shape index (κ1) is 19.0. The number of fused-ring (bicyclic) bond motifs is 1. The minimum atomic E-state index is -1.90. The fourth-order valence-electron chi connectivity index (χ4n) is 3.12. The third-order valence-corrected chi connectivity index (χ3v) is 4.63. The highest BCUT2D eigenvalue weighted by Gasteiger charge is 2.57. The molecule has 0 unspecified atom stereocenters. The molecule has 2 aromatic heterocycles. The van der Waals surface area contributed by atoms with Crippen LogP contribution in [0.5, 0.6) is 0 Å². The van der Waals surface area contributed by atoms with Crippen LogP contribution in [0.25, 0.3) is 5.52 Å². The van der Waals surface area contributed by atoms with Gasteiger partial charge in [-0.25, -0.2) is 9.50 Å². The van der Waals surface area contributed by atoms with Crippen molar-refractivity contribution in [3.8, 4) is 6.07 Å². The third kappa shape index (κ3) is 3.21. The first-order valence-corrected chi connectivity index (χ1v) is 8.64. The van der Waals surface area contributed by atoms with Crippen molar-refractivity contribution in [2.75, 3.05) is 12.3 Å². The standard InChI is InChI=1S/C17H21N5O5/c1-2-3-4-13(23)26-7-11-14(24)15(25)17(8-18,27-11)12-6-5-10-16(19)20-9-21-22(10)12/h5-6,9,11,14-15,24-25H,2-4,7H2,1H3,(H2,19,20,21)/t11-,14-,15-,17+/m1/s1. The van der Waals surface area contributed by atoms with E-state index in [1.54, 1.807) is 6.07 Å². The smallest absolute Gasteiger partial charge is 0.305 e. The molecule has 3 heterocycles. The second-order valence-electron chi connectivity index (χ2n) is 6.39. The number of aliphatic hydroxyl groups is 2. The molecule has 0 aliphatic carbocycles. The summed E-state index contributed by atoms with van der Waals surface area (Å²) in [5.41, 5.74) is 4.53. The number of hydrogen-bond acceptors (Lipinski definition) is 9. The first-order chi connectivity index (χ1) is 12.9. The molecular weight excluding hydrogens is 354 g/mol. The number of carbonyl (C=O) groups excluding carboxylic acids is 1. The summed E-state index contributed by atoms with van der Waals surface area (Å²) in [6, 6.07) is 5.04. The monoisotopic (exact) mass is 375 g/mol. The van der Waals surface area contributed by atoms with Crippen LogP contribution >= 0.6 is 0 Å². The lowest BCUT2D eigenvalue weighted by atomic mass is 9.92. The van der Waals surface area contributed by atoms with Gasteiger partial charge in [0.05, 0.1) is 5.69 Å². The lowest BCUT2D eigenvalue weighted by Crippen LogP contribution is -2.41. The van der Waals surface area contributed by atoms with E-state index in [2.05, 4.69) is 10.1 Å². The highest BCUT2D eigenvalue weighted by molar-refractivity contribution is 5.69. The maximum Gasteiger partial charge on any atom is 0.305 e. The molecule has 0 saturated carbocycles. The Morgan fingerprint density at radius 1 is 1.52 bits per heavy atom. The lowest BCUT2D eigenvalue weighted by Gasteiger charge is -2.24. The number of anilines is 1. The first-order valence-electron chi connectivity index (χ1n) is 8.64. The fraction of sp³-hybridized carbons (Fsp3) is 0.529. The summed E-state index contributed by atoms with van der Waals surface area (Å²) in [6.45, 7) is 1.68. The van der Waals surface area contributed by atoms with E-state index < -0.39 is 29.9 Å². The zero-order valence-electron chi connectivity index (χ0n) is 14.8. The van der Waals surface area contributed by atoms with Gasteiger partial charge >= 0.3 is 5.97 Å². The summed E-state index contributed by atoms with van der Waals surface area (Å²) in [6.07, 6.45) is -1.05. The van der Waals surface area contributed by atoms with Crippen LogP contribution in [0.15, 0.2) is 18.5 Å². The molecule has 1 aliphatic rings. The molecule has 0 aromatic carbocycles. The second kappa shape index (κ2) is 7.48. The number of carbonyl (C=O) groups is 1. The Bertz CT molecular complexity index is 878. The van der Waals surface area contributed by atoms with Gasteiger partial charge in [-0.05, 0) is 18.6 Å². The number of aromatic nitrogens is 3. The summed E-state index contributed by atoms with van der Waals surface area (Å²) in [4.78, 5) is 15.6. The zero-order chi connectivity index (χ0) is 19.6. The largest absolute Gasteiger partial charge is 0.463 e. The minimum absolute atomic E-state index is 0.193. The van der Waals surface area contributed by atoms with Crippen molar-refractivity contribution in [3.05, 3.63) is 24.2 Å². The summed E-state index contributed by atoms with van der Waals surface area (Å²) >= 11 is 0. The number of esters is 1. The average molecular weight is 375 g/mol. The van der Waals surface area contributed by atoms with E-state index in [1.165, 1.54) is 16.9 Å². The van der Waals surface area contributed by atoms with Crippen LogP contribution in [0.2, 0.25) is 0 Å². The van der Waals surface area contributed by atoms with Crippen molar-refractivity contribution in [1.82, 2.24) is 14.6 Å². The number of nitrogens with two attached hydrogens (primary N) is 1. The van der Waals surface area contributed by atoms with E-state index in [0.717, 1.165) is 6.42 Å². The molecule has 2 aromatic rings. The normalized spacial score (nSPS) is 27.6. The molecule has 0 spiro atoms. The van der Waals surface area contributed by atoms with E-state index in [9.17, 15) is 20.3 Å². The van der Waals surface area contributed by atoms with Crippen LogP contribution < -0.4 is 5.73 Å². The number of nitriles is 1. The number of rotatable bonds is 6. The number of nitrogens with zero attached hydrogens (tertiary/aromatic N) is 4. The number of hydrogen-bond donors (Lipinski definition) is 3. The zero-order valence-corrected chi connectivity index (χ0v) is 14.8. The second-order valence-corrected chi connectivity index (χ2v) is 6.39. The topological polar surface area (TPSA) is 156 Å². The van der Waals surface area contributed by atoms with Crippen molar-refractivity contribution in [2.24, 2.45) is 0 Å². The molecule has 1 aliphatic heterocycles. The average Bonchev–Trinajstić information content (AvgIpc) is 3.21. The van der Waals surface area contributed by atoms with Crippen molar-refractivity contribution < 1.29 is 24.5 Å². The highest BCUT2D eigenvalue weighted by atomic mass is 16.6. The highest BCUT2D eigenvalue weighted by Crippen LogP contribution is 2.40. The maximum absolute atomic E-state index is 11.7. The van der Waals surface area contributed by atoms with Gasteiger partial charge < -0.3 is 25.4 Å². The van der Waals surface area contributed by atoms with Crippen LogP contribution in [-0.4, -0.2) is 55.7 Å². The van der Waals surface area contributed by atoms with Crippen molar-refractivity contribution in [2.45, 2.75) is 50.1 Å². The Labute approximate surface area is 155 Å². The van der Waals surface area contributed by atoms with Gasteiger partial charge in [0.25, 0.3) is 0 Å². The van der Waals surface area contributed by atoms with Crippen LogP contribution in [0.3, 0.4) is 0 Å². The molecule has 3 rings (SSSR count). The van der Waals surface area contributed by atoms with E-state index in [-0.39, 0.29) is 24.5 Å². The van der Waals surface area contributed by atoms with Gasteiger partial charge in [0.1, 0.15) is 42.8 Å². The van der Waals surface area contributed by atoms with Crippen LogP contribution in [0.1, 0.15) is 31.9 Å². The molecule has 4 N–H and O–H groups in total. The van der Waals surface area contributed by atoms with Crippen molar-refractivity contribution in [3.63, 3.8) is 0 Å². The van der Waals surface area contributed by atoms with Crippen molar-refractivity contribution in [1.29, 1.82) is 5.26 Å². The van der Waals surface area contributed by atoms with Gasteiger partial charge in [0, 0.05) is 6.42 Å². The SMILES string of the molecule is CCCCC(=O)OC[C@H]1O[C@@](C#N)(c2ccc3c(N)ncnn23)[C@H](O)[C@@H]1O. The predicted molar refractivity (Wildman–Crippen MR) is 92.1 cm³/mol. The quantitative estimate of drug-likeness (QED) is 0.586. The Hall–Kier alpha value is -2.74. The van der Waals surface area contributed by atoms with Gasteiger partial charge in [0.15, 0.2) is 5.82 Å². The molecule has 27 heavy (non-hydrogen) atoms. The Kier molecular flexibility index (Phi) is 5.27. The Balaban J connectivity index is 1.86. The van der Waals surface area contributed by atoms with Gasteiger partial charge in [-0.15, -0.1) is 0 Å². The number of unbranched alkanes of at least 4 members (excludes halogenated alkanes) is 1. The van der Waals surface area contributed by atoms with E-state index in [1.807, 2.05) is 13.0 Å². The third-order valence-electron chi connectivity index (χ3n) is 4.63. The number of nitrogen functional groups attached to an aromatic ring is 1. The molecule has 10 nitrogen and oxygen atoms in total. The van der Waals surface area contributed by atoms with E-state index in [0.29, 0.717) is 11.9 Å². The molecule has 144 valence electrons. The molecule has 0 bridgehead atoms. The fourth-order valence-corrected chi connectivity index (χ4v) is 3.12. The summed E-state index contributed by atoms with van der Waals surface area (Å²) < 4.78 is 12.2. The van der Waals surface area contributed by atoms with Crippen LogP contribution in [0, 0.1) is 11.3 Å². The Morgan fingerprint density at radius 2 is 2.30 bits per heavy atom. The number of ether oxygens (including phenoxy) is 2. The van der Waals surface area contributed by atoms with E-state index in [4.69, 9.17) is 15.2 Å². The molecule has 0 amide bonds. The molecule has 0 radical (unpaired) electrons. The predicted octanol–water partition coefficient (Wildman–Crippen LogP) is -0.116. The van der Waals surface area contributed by atoms with E-state index >= 15 is 0 Å². The molecule has 1 saturated heterocycles. The number of aliphatic hydroxyl groups excluding tert-OH is 2. The molecule has 10 heteroatoms. The molecular formula is C17H21N5O5. The Morgan fingerprint density at radius 3 is 3.00 bits per heavy atom. The van der Waals surface area contributed by atoms with Gasteiger partial charge in [-0.3, -0.25) is 4.79 Å². The lowest BCUT2D eigenvalue weighted by molar-refractivity contribution is -0.150. The summed E-state index contributed by atoms with van der Waals surface area (Å²) in [7, 11) is 0. The van der Waals surface area contributed by atoms with Gasteiger partial charge in [-0.2, -0.15) is 10.4 Å². The molecule has 4 atom stereocenters. The van der Waals surface area contributed by atoms with Gasteiger partial charge in [0.2, 0.25) is 5.60 Å². The van der Waals surface area contributed by atoms with Crippen LogP contribution in [0.4, 0.5) is 5.82 Å². The van der Waals surface area contributed by atoms with Crippen LogP contribution in [-0.2, 0) is 19.9 Å². The van der Waals surface area contributed by atoms with Crippen molar-refractivity contribution >= 4 is 17.3 Å². The molecule has 1 fully saturated rings. The maximum atomic E-state index is 11.7.